The molecule has 3 rings (SSSR count). The van der Waals surface area contributed by atoms with E-state index >= 15 is 0 Å². The highest BCUT2D eigenvalue weighted by Crippen LogP contribution is 2.36. The molecule has 2 heterocycles. The van der Waals surface area contributed by atoms with E-state index in [1.165, 1.54) is 0 Å². The lowest BCUT2D eigenvalue weighted by atomic mass is 10.1. The van der Waals surface area contributed by atoms with Gasteiger partial charge in [-0.15, -0.1) is 0 Å². The Hall–Kier alpha value is -1.82. The molecule has 0 aliphatic carbocycles. The normalized spacial score (nSPS) is 22.5. The molecule has 1 aliphatic heterocycles. The Morgan fingerprint density at radius 2 is 2.14 bits per heavy atom. The molecule has 0 bridgehead atoms. The number of nitro groups is 1. The van der Waals surface area contributed by atoms with Crippen LogP contribution in [0, 0.1) is 10.1 Å². The van der Waals surface area contributed by atoms with E-state index in [1.54, 1.807) is 18.5 Å². The second-order valence-corrected chi connectivity index (χ2v) is 6.78. The van der Waals surface area contributed by atoms with Gasteiger partial charge < -0.3 is 4.90 Å². The molecule has 2 aromatic rings. The van der Waals surface area contributed by atoms with Crippen LogP contribution in [-0.2, 0) is 0 Å². The summed E-state index contributed by atoms with van der Waals surface area (Å²) in [6.07, 6.45) is 3.28. The summed E-state index contributed by atoms with van der Waals surface area (Å²) in [5.41, 5.74) is 1.19. The van der Waals surface area contributed by atoms with Crippen molar-refractivity contribution in [3.63, 3.8) is 0 Å². The maximum absolute atomic E-state index is 11.2. The van der Waals surface area contributed by atoms with Crippen LogP contribution >= 0.6 is 11.8 Å². The number of hydrogen-bond donors (Lipinski definition) is 0. The fourth-order valence-corrected chi connectivity index (χ4v) is 3.94. The second-order valence-electron chi connectivity index (χ2n) is 5.29. The maximum atomic E-state index is 11.2. The Morgan fingerprint density at radius 1 is 1.33 bits per heavy atom. The van der Waals surface area contributed by atoms with Crippen LogP contribution in [0.1, 0.15) is 13.8 Å². The predicted molar refractivity (Wildman–Crippen MR) is 87.1 cm³/mol. The molecule has 1 saturated heterocycles. The third-order valence-corrected chi connectivity index (χ3v) is 5.50. The Bertz CT molecular complexity index is 692. The number of nitro benzene ring substituents is 1. The fraction of sp³-hybridized carbons (Fsp3) is 0.400. The molecule has 0 saturated carbocycles. The molecule has 1 aliphatic rings. The number of hydrogen-bond acceptors (Lipinski definition) is 5. The molecule has 1 aromatic carbocycles. The number of nitrogens with zero attached hydrogens (tertiary/aromatic N) is 3. The summed E-state index contributed by atoms with van der Waals surface area (Å²) in [6, 6.07) is 5.75. The second kappa shape index (κ2) is 5.52. The molecule has 110 valence electrons. The summed E-state index contributed by atoms with van der Waals surface area (Å²) in [5.74, 6) is 1.08. The molecule has 0 radical (unpaired) electrons. The van der Waals surface area contributed by atoms with Gasteiger partial charge in [0.25, 0.3) is 5.69 Å². The quantitative estimate of drug-likeness (QED) is 0.628. The third-order valence-electron chi connectivity index (χ3n) is 4.16. The van der Waals surface area contributed by atoms with Gasteiger partial charge in [-0.25, -0.2) is 0 Å². The van der Waals surface area contributed by atoms with Crippen LogP contribution in [0.2, 0.25) is 0 Å². The van der Waals surface area contributed by atoms with Crippen molar-refractivity contribution in [3.8, 4) is 0 Å². The van der Waals surface area contributed by atoms with E-state index < -0.39 is 0 Å². The van der Waals surface area contributed by atoms with E-state index in [1.807, 2.05) is 23.9 Å². The van der Waals surface area contributed by atoms with Crippen molar-refractivity contribution < 1.29 is 4.92 Å². The molecule has 6 heteroatoms. The number of benzene rings is 1. The van der Waals surface area contributed by atoms with Gasteiger partial charge in [-0.2, -0.15) is 11.8 Å². The number of thioether (sulfide) groups is 1. The Kier molecular flexibility index (Phi) is 3.71. The average Bonchev–Trinajstić information content (AvgIpc) is 2.49. The Labute approximate surface area is 127 Å². The number of anilines is 1. The number of pyridine rings is 1. The standard InChI is InChI=1S/C15H17N3O2S/c1-10-11(2)21-8-7-17(10)14-3-4-15(18(19)20)13-9-16-6-5-12(13)14/h3-6,9-11H,7-8H2,1-2H3/t10-,11+/m1/s1. The topological polar surface area (TPSA) is 59.3 Å². The summed E-state index contributed by atoms with van der Waals surface area (Å²) >= 11 is 1.98. The van der Waals surface area contributed by atoms with Gasteiger partial charge in [-0.1, -0.05) is 6.92 Å². The first-order valence-electron chi connectivity index (χ1n) is 6.99. The van der Waals surface area contributed by atoms with Crippen LogP contribution < -0.4 is 4.90 Å². The lowest BCUT2D eigenvalue weighted by molar-refractivity contribution is -0.383. The van der Waals surface area contributed by atoms with E-state index in [0.29, 0.717) is 16.7 Å². The third kappa shape index (κ3) is 2.44. The van der Waals surface area contributed by atoms with E-state index in [9.17, 15) is 10.1 Å². The van der Waals surface area contributed by atoms with Gasteiger partial charge in [0.15, 0.2) is 0 Å². The first-order chi connectivity index (χ1) is 10.1. The van der Waals surface area contributed by atoms with Gasteiger partial charge in [0, 0.05) is 53.1 Å². The first-order valence-corrected chi connectivity index (χ1v) is 8.04. The van der Waals surface area contributed by atoms with Crippen LogP contribution in [-0.4, -0.2) is 33.5 Å². The predicted octanol–water partition coefficient (Wildman–Crippen LogP) is 3.47. The summed E-state index contributed by atoms with van der Waals surface area (Å²) < 4.78 is 0. The molecule has 0 amide bonds. The molecule has 5 nitrogen and oxygen atoms in total. The van der Waals surface area contributed by atoms with Gasteiger partial charge in [0.05, 0.1) is 10.3 Å². The molecule has 1 fully saturated rings. The molecular formula is C15H17N3O2S. The average molecular weight is 303 g/mol. The highest BCUT2D eigenvalue weighted by Gasteiger charge is 2.27. The van der Waals surface area contributed by atoms with Crippen LogP contribution in [0.15, 0.2) is 30.6 Å². The van der Waals surface area contributed by atoms with Gasteiger partial charge in [-0.05, 0) is 19.1 Å². The summed E-state index contributed by atoms with van der Waals surface area (Å²) in [7, 11) is 0. The zero-order valence-corrected chi connectivity index (χ0v) is 12.8. The smallest absolute Gasteiger partial charge is 0.278 e. The number of aromatic nitrogens is 1. The number of fused-ring (bicyclic) bond motifs is 1. The minimum Gasteiger partial charge on any atom is -0.366 e. The van der Waals surface area contributed by atoms with Crippen molar-refractivity contribution in [3.05, 3.63) is 40.7 Å². The number of non-ortho nitro benzene ring substituents is 1. The lowest BCUT2D eigenvalue weighted by Crippen LogP contribution is -2.44. The fourth-order valence-electron chi connectivity index (χ4n) is 2.84. The SMILES string of the molecule is C[C@@H]1SCCN(c2ccc([N+](=O)[O-])c3cnccc23)[C@@H]1C. The Morgan fingerprint density at radius 3 is 2.90 bits per heavy atom. The van der Waals surface area contributed by atoms with Crippen LogP contribution in [0.5, 0.6) is 0 Å². The first kappa shape index (κ1) is 14.1. The van der Waals surface area contributed by atoms with E-state index in [-0.39, 0.29) is 10.6 Å². The van der Waals surface area contributed by atoms with Crippen LogP contribution in [0.25, 0.3) is 10.8 Å². The summed E-state index contributed by atoms with van der Waals surface area (Å²) in [4.78, 5) is 17.2. The molecule has 1 aromatic heterocycles. The monoisotopic (exact) mass is 303 g/mol. The van der Waals surface area contributed by atoms with E-state index in [0.717, 1.165) is 23.4 Å². The van der Waals surface area contributed by atoms with E-state index in [2.05, 4.69) is 23.7 Å². The Balaban J connectivity index is 2.16. The lowest BCUT2D eigenvalue weighted by Gasteiger charge is -2.39. The molecular weight excluding hydrogens is 286 g/mol. The van der Waals surface area contributed by atoms with Crippen molar-refractivity contribution in [1.29, 1.82) is 0 Å². The molecule has 0 unspecified atom stereocenters. The minimum atomic E-state index is -0.341. The zero-order valence-electron chi connectivity index (χ0n) is 12.0. The maximum Gasteiger partial charge on any atom is 0.278 e. The van der Waals surface area contributed by atoms with Gasteiger partial charge in [-0.3, -0.25) is 15.1 Å². The van der Waals surface area contributed by atoms with Crippen LogP contribution in [0.4, 0.5) is 11.4 Å². The van der Waals surface area contributed by atoms with E-state index in [4.69, 9.17) is 0 Å². The molecule has 2 atom stereocenters. The highest BCUT2D eigenvalue weighted by atomic mass is 32.2. The summed E-state index contributed by atoms with van der Waals surface area (Å²) in [6.45, 7) is 5.41. The molecule has 21 heavy (non-hydrogen) atoms. The van der Waals surface area contributed by atoms with Crippen molar-refractivity contribution in [1.82, 2.24) is 4.98 Å². The highest BCUT2D eigenvalue weighted by molar-refractivity contribution is 8.00. The molecule has 0 N–H and O–H groups in total. The largest absolute Gasteiger partial charge is 0.366 e. The van der Waals surface area contributed by atoms with Crippen molar-refractivity contribution in [2.24, 2.45) is 0 Å². The van der Waals surface area contributed by atoms with Crippen molar-refractivity contribution >= 4 is 33.9 Å². The van der Waals surface area contributed by atoms with Crippen molar-refractivity contribution in [2.45, 2.75) is 25.1 Å². The number of rotatable bonds is 2. The zero-order chi connectivity index (χ0) is 15.0. The van der Waals surface area contributed by atoms with Crippen molar-refractivity contribution in [2.75, 3.05) is 17.2 Å². The van der Waals surface area contributed by atoms with Gasteiger partial charge in [0.2, 0.25) is 0 Å². The molecule has 0 spiro atoms. The van der Waals surface area contributed by atoms with Gasteiger partial charge >= 0.3 is 0 Å². The van der Waals surface area contributed by atoms with Crippen LogP contribution in [0.3, 0.4) is 0 Å². The minimum absolute atomic E-state index is 0.119. The summed E-state index contributed by atoms with van der Waals surface area (Å²) in [5, 5.41) is 13.2. The van der Waals surface area contributed by atoms with Gasteiger partial charge in [0.1, 0.15) is 0 Å².